The largest absolute Gasteiger partial charge is 0.307 e. The Bertz CT molecular complexity index is 1000. The Morgan fingerprint density at radius 2 is 1.62 bits per heavy atom. The molecule has 3 aromatic rings. The quantitative estimate of drug-likeness (QED) is 0.450. The highest BCUT2D eigenvalue weighted by molar-refractivity contribution is 6.04. The van der Waals surface area contributed by atoms with Crippen LogP contribution in [0.3, 0.4) is 0 Å². The third-order valence-electron chi connectivity index (χ3n) is 5.57. The molecule has 2 unspecified atom stereocenters. The first-order chi connectivity index (χ1) is 15.4. The van der Waals surface area contributed by atoms with E-state index >= 15 is 0 Å². The van der Waals surface area contributed by atoms with Gasteiger partial charge in [-0.15, -0.1) is 0 Å². The molecule has 0 spiro atoms. The summed E-state index contributed by atoms with van der Waals surface area (Å²) in [6.07, 6.45) is 8.13. The van der Waals surface area contributed by atoms with Crippen LogP contribution in [0.2, 0.25) is 0 Å². The summed E-state index contributed by atoms with van der Waals surface area (Å²) in [6, 6.07) is 7.95. The molecule has 3 heterocycles. The average molecular weight is 437 g/mol. The molecule has 0 aromatic carbocycles. The molecule has 3 aromatic heterocycles. The molecule has 0 aliphatic heterocycles. The molecule has 0 aliphatic carbocycles. The van der Waals surface area contributed by atoms with Gasteiger partial charge in [-0.25, -0.2) is 9.37 Å². The summed E-state index contributed by atoms with van der Waals surface area (Å²) in [5, 5.41) is 2.71. The molecule has 0 radical (unpaired) electrons. The van der Waals surface area contributed by atoms with Crippen LogP contribution in [0.4, 0.5) is 10.2 Å². The molecular weight excluding hydrogens is 403 g/mol. The summed E-state index contributed by atoms with van der Waals surface area (Å²) in [4.78, 5) is 25.2. The number of pyridine rings is 3. The van der Waals surface area contributed by atoms with Gasteiger partial charge in [0.2, 0.25) is 0 Å². The molecule has 2 atom stereocenters. The molecule has 3 rings (SSSR count). The Kier molecular flexibility index (Phi) is 9.44. The van der Waals surface area contributed by atoms with Crippen molar-refractivity contribution in [1.29, 1.82) is 0 Å². The monoisotopic (exact) mass is 436 g/mol. The molecule has 0 bridgehead atoms. The lowest BCUT2D eigenvalue weighted by Gasteiger charge is -2.17. The van der Waals surface area contributed by atoms with Crippen molar-refractivity contribution >= 4 is 11.7 Å². The SMILES string of the molecule is CC.CCC(C)c1ccc(C(CC)c2ccc(NC(=O)c3cncc(F)c3C)nc2)cn1. The third-order valence-corrected chi connectivity index (χ3v) is 5.57. The topological polar surface area (TPSA) is 67.8 Å². The number of nitrogens with zero attached hydrogens (tertiary/aromatic N) is 3. The number of hydrogen-bond acceptors (Lipinski definition) is 4. The lowest BCUT2D eigenvalue weighted by Crippen LogP contribution is -2.15. The first-order valence-electron chi connectivity index (χ1n) is 11.3. The second kappa shape index (κ2) is 12.0. The number of carbonyl (C=O) groups excluding carboxylic acids is 1. The second-order valence-electron chi connectivity index (χ2n) is 7.51. The number of halogens is 1. The fourth-order valence-corrected chi connectivity index (χ4v) is 3.38. The van der Waals surface area contributed by atoms with Crippen LogP contribution in [0, 0.1) is 12.7 Å². The minimum atomic E-state index is -0.510. The Labute approximate surface area is 190 Å². The van der Waals surface area contributed by atoms with Crippen molar-refractivity contribution in [3.8, 4) is 0 Å². The zero-order chi connectivity index (χ0) is 23.7. The summed E-state index contributed by atoms with van der Waals surface area (Å²) in [5.41, 5.74) is 3.76. The smallest absolute Gasteiger partial charge is 0.258 e. The molecule has 0 fully saturated rings. The van der Waals surface area contributed by atoms with E-state index in [2.05, 4.69) is 53.2 Å². The van der Waals surface area contributed by atoms with Crippen LogP contribution in [0.5, 0.6) is 0 Å². The van der Waals surface area contributed by atoms with Gasteiger partial charge < -0.3 is 5.32 Å². The summed E-state index contributed by atoms with van der Waals surface area (Å²) >= 11 is 0. The first kappa shape index (κ1) is 25.1. The Balaban J connectivity index is 0.00000176. The third kappa shape index (κ3) is 5.96. The number of carbonyl (C=O) groups is 1. The van der Waals surface area contributed by atoms with Crippen LogP contribution in [-0.4, -0.2) is 20.9 Å². The summed E-state index contributed by atoms with van der Waals surface area (Å²) < 4.78 is 13.6. The van der Waals surface area contributed by atoms with Gasteiger partial charge >= 0.3 is 0 Å². The van der Waals surface area contributed by atoms with Crippen LogP contribution >= 0.6 is 0 Å². The standard InChI is InChI=1S/C24H27FN4O.C2H6/c1-5-15(3)22-9-7-17(11-27-22)19(6-2)18-8-10-23(28-12-18)29-24(30)20-13-26-14-21(25)16(20)4;1-2/h7-15,19H,5-6H2,1-4H3,(H,28,29,30);1-2H3. The molecule has 0 saturated carbocycles. The van der Waals surface area contributed by atoms with Gasteiger partial charge in [-0.3, -0.25) is 14.8 Å². The van der Waals surface area contributed by atoms with E-state index in [1.54, 1.807) is 19.2 Å². The fourth-order valence-electron chi connectivity index (χ4n) is 3.38. The minimum Gasteiger partial charge on any atom is -0.307 e. The maximum atomic E-state index is 13.6. The van der Waals surface area contributed by atoms with E-state index in [0.29, 0.717) is 11.7 Å². The average Bonchev–Trinajstić information content (AvgIpc) is 2.83. The van der Waals surface area contributed by atoms with Crippen LogP contribution in [0.15, 0.2) is 49.1 Å². The zero-order valence-electron chi connectivity index (χ0n) is 19.8. The molecule has 1 N–H and O–H groups in total. The molecule has 5 nitrogen and oxygen atoms in total. The van der Waals surface area contributed by atoms with Crippen molar-refractivity contribution in [3.63, 3.8) is 0 Å². The molecule has 0 aliphatic rings. The van der Waals surface area contributed by atoms with Crippen LogP contribution in [-0.2, 0) is 0 Å². The van der Waals surface area contributed by atoms with Crippen LogP contribution < -0.4 is 5.32 Å². The van der Waals surface area contributed by atoms with Crippen molar-refractivity contribution in [2.24, 2.45) is 0 Å². The fraction of sp³-hybridized carbons (Fsp3) is 0.385. The number of amides is 1. The van der Waals surface area contributed by atoms with E-state index in [4.69, 9.17) is 0 Å². The maximum Gasteiger partial charge on any atom is 0.258 e. The number of anilines is 1. The van der Waals surface area contributed by atoms with E-state index in [-0.39, 0.29) is 17.0 Å². The van der Waals surface area contributed by atoms with Crippen molar-refractivity contribution in [3.05, 3.63) is 82.8 Å². The molecule has 6 heteroatoms. The van der Waals surface area contributed by atoms with E-state index in [1.165, 1.54) is 6.20 Å². The van der Waals surface area contributed by atoms with Gasteiger partial charge in [0.05, 0.1) is 11.8 Å². The van der Waals surface area contributed by atoms with E-state index in [0.717, 1.165) is 35.9 Å². The molecule has 32 heavy (non-hydrogen) atoms. The van der Waals surface area contributed by atoms with E-state index in [9.17, 15) is 9.18 Å². The van der Waals surface area contributed by atoms with Crippen molar-refractivity contribution in [2.45, 2.75) is 66.2 Å². The van der Waals surface area contributed by atoms with Gasteiger partial charge in [0, 0.05) is 35.8 Å². The normalized spacial score (nSPS) is 12.3. The first-order valence-corrected chi connectivity index (χ1v) is 11.3. The van der Waals surface area contributed by atoms with Gasteiger partial charge in [0.15, 0.2) is 0 Å². The van der Waals surface area contributed by atoms with Gasteiger partial charge in [-0.05, 0) is 48.9 Å². The van der Waals surface area contributed by atoms with E-state index < -0.39 is 11.7 Å². The molecule has 0 saturated heterocycles. The van der Waals surface area contributed by atoms with Gasteiger partial charge in [0.1, 0.15) is 11.6 Å². The van der Waals surface area contributed by atoms with Crippen molar-refractivity contribution < 1.29 is 9.18 Å². The zero-order valence-corrected chi connectivity index (χ0v) is 19.8. The van der Waals surface area contributed by atoms with Crippen molar-refractivity contribution in [2.75, 3.05) is 5.32 Å². The predicted octanol–water partition coefficient (Wildman–Crippen LogP) is 6.65. The predicted molar refractivity (Wildman–Crippen MR) is 128 cm³/mol. The number of rotatable bonds is 7. The summed E-state index contributed by atoms with van der Waals surface area (Å²) in [5.74, 6) is 0.0878. The summed E-state index contributed by atoms with van der Waals surface area (Å²) in [7, 11) is 0. The highest BCUT2D eigenvalue weighted by Gasteiger charge is 2.16. The molecular formula is C26H33FN4O. The lowest BCUT2D eigenvalue weighted by atomic mass is 9.90. The Morgan fingerprint density at radius 3 is 2.16 bits per heavy atom. The Morgan fingerprint density at radius 1 is 0.969 bits per heavy atom. The highest BCUT2D eigenvalue weighted by Crippen LogP contribution is 2.28. The highest BCUT2D eigenvalue weighted by atomic mass is 19.1. The minimum absolute atomic E-state index is 0.176. The molecule has 170 valence electrons. The van der Waals surface area contributed by atoms with Crippen LogP contribution in [0.1, 0.15) is 92.0 Å². The van der Waals surface area contributed by atoms with Gasteiger partial charge in [-0.1, -0.05) is 46.8 Å². The van der Waals surface area contributed by atoms with Crippen molar-refractivity contribution in [1.82, 2.24) is 15.0 Å². The Hall–Kier alpha value is -3.15. The number of nitrogens with one attached hydrogen (secondary N) is 1. The number of hydrogen-bond donors (Lipinski definition) is 1. The second-order valence-corrected chi connectivity index (χ2v) is 7.51. The van der Waals surface area contributed by atoms with Gasteiger partial charge in [-0.2, -0.15) is 0 Å². The summed E-state index contributed by atoms with van der Waals surface area (Å²) in [6.45, 7) is 12.0. The van der Waals surface area contributed by atoms with E-state index in [1.807, 2.05) is 26.1 Å². The maximum absolute atomic E-state index is 13.6. The lowest BCUT2D eigenvalue weighted by molar-refractivity contribution is 0.102. The van der Waals surface area contributed by atoms with Gasteiger partial charge in [0.25, 0.3) is 5.91 Å². The van der Waals surface area contributed by atoms with Crippen LogP contribution in [0.25, 0.3) is 0 Å². The number of aromatic nitrogens is 3. The molecule has 1 amide bonds.